The van der Waals surface area contributed by atoms with Gasteiger partial charge in [-0.05, 0) is 48.4 Å². The zero-order valence-corrected chi connectivity index (χ0v) is 21.9. The molecule has 4 aromatic carbocycles. The Balaban J connectivity index is 1.58. The van der Waals surface area contributed by atoms with E-state index in [1.54, 1.807) is 30.3 Å². The summed E-state index contributed by atoms with van der Waals surface area (Å²) in [5, 5.41) is 29.4. The van der Waals surface area contributed by atoms with Gasteiger partial charge in [-0.2, -0.15) is 0 Å². The molecule has 0 unspecified atom stereocenters. The number of H-pyrrole nitrogens is 1. The number of fused-ring (bicyclic) bond motifs is 1. The number of hydrogen-bond donors (Lipinski definition) is 6. The zero-order valence-electron chi connectivity index (χ0n) is 21.0. The number of hydrogen-bond acceptors (Lipinski definition) is 7. The van der Waals surface area contributed by atoms with Crippen molar-refractivity contribution in [1.82, 2.24) is 14.7 Å². The van der Waals surface area contributed by atoms with Gasteiger partial charge in [-0.3, -0.25) is 10.2 Å². The van der Waals surface area contributed by atoms with Gasteiger partial charge >= 0.3 is 0 Å². The number of imidazole rings is 1. The van der Waals surface area contributed by atoms with Gasteiger partial charge in [-0.25, -0.2) is 18.1 Å². The molecule has 0 spiro atoms. The molecule has 10 nitrogen and oxygen atoms in total. The van der Waals surface area contributed by atoms with Crippen LogP contribution in [0.25, 0.3) is 33.5 Å². The molecule has 0 saturated heterocycles. The van der Waals surface area contributed by atoms with E-state index in [0.717, 1.165) is 5.56 Å². The molecule has 0 aliphatic heterocycles. The number of carbonyl (C=O) groups excluding carboxylic acids is 1. The van der Waals surface area contributed by atoms with Gasteiger partial charge in [0.2, 0.25) is 5.91 Å². The van der Waals surface area contributed by atoms with Gasteiger partial charge < -0.3 is 20.9 Å². The van der Waals surface area contributed by atoms with E-state index in [1.807, 2.05) is 30.3 Å². The summed E-state index contributed by atoms with van der Waals surface area (Å²) in [5.74, 6) is -1.21. The first-order chi connectivity index (χ1) is 19.1. The number of nitrogens with zero attached hydrogens (tertiary/aromatic N) is 1. The Bertz CT molecular complexity index is 1870. The number of carbonyl (C=O) groups is 1. The summed E-state index contributed by atoms with van der Waals surface area (Å²) < 4.78 is 28.8. The first-order valence-electron chi connectivity index (χ1n) is 12.2. The molecule has 0 atom stereocenters. The van der Waals surface area contributed by atoms with Crippen LogP contribution in [-0.2, 0) is 21.2 Å². The first-order valence-corrected chi connectivity index (χ1v) is 13.7. The van der Waals surface area contributed by atoms with Crippen LogP contribution in [0.3, 0.4) is 0 Å². The molecule has 1 heterocycles. The van der Waals surface area contributed by atoms with Crippen LogP contribution in [0.1, 0.15) is 17.5 Å². The second-order valence-electron chi connectivity index (χ2n) is 9.13. The van der Waals surface area contributed by atoms with E-state index in [1.165, 1.54) is 24.3 Å². The maximum absolute atomic E-state index is 13.4. The van der Waals surface area contributed by atoms with E-state index in [4.69, 9.17) is 11.1 Å². The average Bonchev–Trinajstić information content (AvgIpc) is 3.36. The number of phenolic OH excluding ortho intramolecular Hbond substituents is 2. The molecule has 11 heteroatoms. The molecule has 7 N–H and O–H groups in total. The molecule has 202 valence electrons. The molecule has 0 aliphatic rings. The molecular weight excluding hydrogens is 530 g/mol. The molecule has 1 amide bonds. The smallest absolute Gasteiger partial charge is 0.264 e. The van der Waals surface area contributed by atoms with Crippen molar-refractivity contribution in [3.8, 4) is 34.0 Å². The van der Waals surface area contributed by atoms with Crippen molar-refractivity contribution in [1.29, 1.82) is 5.41 Å². The SMILES string of the molecule is N=C(N)c1ccc2nc(-c3cc(S(=O)(=O)NC(=O)CCc4ccccc4)cc(-c4ccccc4O)c3O)[nH]c2c1. The number of nitrogens with two attached hydrogens (primary N) is 1. The fourth-order valence-electron chi connectivity index (χ4n) is 4.32. The number of benzene rings is 4. The second-order valence-corrected chi connectivity index (χ2v) is 10.8. The van der Waals surface area contributed by atoms with E-state index in [9.17, 15) is 23.4 Å². The molecule has 40 heavy (non-hydrogen) atoms. The first kappa shape index (κ1) is 26.4. The lowest BCUT2D eigenvalue weighted by Gasteiger charge is -2.14. The van der Waals surface area contributed by atoms with Crippen LogP contribution >= 0.6 is 0 Å². The summed E-state index contributed by atoms with van der Waals surface area (Å²) in [6.45, 7) is 0. The number of aromatic amines is 1. The van der Waals surface area contributed by atoms with Gasteiger partial charge in [-0.15, -0.1) is 0 Å². The number of phenols is 2. The number of aromatic nitrogens is 2. The molecule has 0 radical (unpaired) electrons. The minimum atomic E-state index is -4.38. The zero-order chi connectivity index (χ0) is 28.4. The molecule has 0 fully saturated rings. The maximum atomic E-state index is 13.4. The Morgan fingerprint density at radius 1 is 0.925 bits per heavy atom. The molecular formula is C29H25N5O5S. The number of nitrogens with one attached hydrogen (secondary N) is 3. The number of aromatic hydroxyl groups is 2. The van der Waals surface area contributed by atoms with Gasteiger partial charge in [0.1, 0.15) is 23.2 Å². The van der Waals surface area contributed by atoms with Crippen molar-refractivity contribution in [2.75, 3.05) is 0 Å². The van der Waals surface area contributed by atoms with Gasteiger partial charge in [0.25, 0.3) is 10.0 Å². The number of rotatable bonds is 8. The minimum absolute atomic E-state index is 0.0255. The number of para-hydroxylation sites is 1. The van der Waals surface area contributed by atoms with Gasteiger partial charge in [-0.1, -0.05) is 48.5 Å². The van der Waals surface area contributed by atoms with Gasteiger partial charge in [0.05, 0.1) is 21.5 Å². The van der Waals surface area contributed by atoms with Crippen molar-refractivity contribution in [3.05, 3.63) is 96.1 Å². The second kappa shape index (κ2) is 10.5. The Hall–Kier alpha value is -5.16. The summed E-state index contributed by atoms with van der Waals surface area (Å²) in [5.41, 5.74) is 8.17. The molecule has 0 bridgehead atoms. The predicted molar refractivity (Wildman–Crippen MR) is 151 cm³/mol. The molecule has 0 saturated carbocycles. The minimum Gasteiger partial charge on any atom is -0.507 e. The summed E-state index contributed by atoms with van der Waals surface area (Å²) in [6, 6.07) is 22.6. The highest BCUT2D eigenvalue weighted by Crippen LogP contribution is 2.42. The third kappa shape index (κ3) is 5.36. The van der Waals surface area contributed by atoms with Crippen LogP contribution in [-0.4, -0.2) is 40.3 Å². The highest BCUT2D eigenvalue weighted by atomic mass is 32.2. The fourth-order valence-corrected chi connectivity index (χ4v) is 5.38. The Morgan fingerprint density at radius 2 is 1.62 bits per heavy atom. The summed E-state index contributed by atoms with van der Waals surface area (Å²) >= 11 is 0. The van der Waals surface area contributed by atoms with Crippen LogP contribution < -0.4 is 10.5 Å². The molecule has 0 aliphatic carbocycles. The lowest BCUT2D eigenvalue weighted by atomic mass is 10.00. The van der Waals surface area contributed by atoms with E-state index in [2.05, 4.69) is 14.7 Å². The van der Waals surface area contributed by atoms with Gasteiger partial charge in [0.15, 0.2) is 0 Å². The maximum Gasteiger partial charge on any atom is 0.264 e. The quantitative estimate of drug-likeness (QED) is 0.123. The molecule has 5 aromatic rings. The topological polar surface area (TPSA) is 182 Å². The third-order valence-electron chi connectivity index (χ3n) is 6.37. The summed E-state index contributed by atoms with van der Waals surface area (Å²) in [4.78, 5) is 19.8. The van der Waals surface area contributed by atoms with Crippen LogP contribution in [0.15, 0.2) is 89.8 Å². The number of aryl methyl sites for hydroxylation is 1. The molecule has 1 aromatic heterocycles. The van der Waals surface area contributed by atoms with Crippen LogP contribution in [0.2, 0.25) is 0 Å². The van der Waals surface area contributed by atoms with E-state index < -0.39 is 15.9 Å². The fraction of sp³-hybridized carbons (Fsp3) is 0.0690. The summed E-state index contributed by atoms with van der Waals surface area (Å²) in [7, 11) is -4.38. The van der Waals surface area contributed by atoms with Crippen molar-refractivity contribution in [2.45, 2.75) is 17.7 Å². The number of amides is 1. The largest absolute Gasteiger partial charge is 0.507 e. The van der Waals surface area contributed by atoms with Crippen molar-refractivity contribution < 1.29 is 23.4 Å². The van der Waals surface area contributed by atoms with Gasteiger partial charge in [0, 0.05) is 23.1 Å². The Morgan fingerprint density at radius 3 is 2.35 bits per heavy atom. The number of amidine groups is 1. The van der Waals surface area contributed by atoms with E-state index >= 15 is 0 Å². The standard InChI is InChI=1S/C29H25N5O5S/c30-28(31)18-11-12-23-24(14-18)33-29(32-23)22-16-19(15-21(27(22)37)20-8-4-5-9-25(20)35)40(38,39)34-26(36)13-10-17-6-2-1-3-7-17/h1-9,11-12,14-16,35,37H,10,13H2,(H3,30,31)(H,32,33)(H,34,36). The lowest BCUT2D eigenvalue weighted by molar-refractivity contribution is -0.119. The van der Waals surface area contributed by atoms with E-state index in [0.29, 0.717) is 23.0 Å². The van der Waals surface area contributed by atoms with Crippen molar-refractivity contribution in [2.24, 2.45) is 5.73 Å². The monoisotopic (exact) mass is 555 g/mol. The van der Waals surface area contributed by atoms with Crippen molar-refractivity contribution in [3.63, 3.8) is 0 Å². The van der Waals surface area contributed by atoms with E-state index in [-0.39, 0.29) is 51.2 Å². The van der Waals surface area contributed by atoms with Crippen LogP contribution in [0.5, 0.6) is 11.5 Å². The summed E-state index contributed by atoms with van der Waals surface area (Å²) in [6.07, 6.45) is 0.302. The van der Waals surface area contributed by atoms with Crippen LogP contribution in [0.4, 0.5) is 0 Å². The number of nitrogen functional groups attached to an aromatic ring is 1. The van der Waals surface area contributed by atoms with Crippen molar-refractivity contribution >= 4 is 32.8 Å². The lowest BCUT2D eigenvalue weighted by Crippen LogP contribution is -2.30. The third-order valence-corrected chi connectivity index (χ3v) is 7.72. The molecule has 5 rings (SSSR count). The highest BCUT2D eigenvalue weighted by molar-refractivity contribution is 7.90. The normalized spacial score (nSPS) is 11.4. The Labute approximate surface area is 229 Å². The Kier molecular flexibility index (Phi) is 6.97. The average molecular weight is 556 g/mol. The van der Waals surface area contributed by atoms with Crippen LogP contribution in [0, 0.1) is 5.41 Å². The highest BCUT2D eigenvalue weighted by Gasteiger charge is 2.25. The number of sulfonamides is 1. The predicted octanol–water partition coefficient (Wildman–Crippen LogP) is 4.03.